The molecule has 9 nitrogen and oxygen atoms in total. The van der Waals surface area contributed by atoms with Gasteiger partial charge in [-0.3, -0.25) is 19.7 Å². The molecule has 0 spiro atoms. The average Bonchev–Trinajstić information content (AvgIpc) is 2.77. The van der Waals surface area contributed by atoms with Crippen molar-refractivity contribution in [1.82, 2.24) is 5.32 Å². The van der Waals surface area contributed by atoms with Crippen LogP contribution in [0.3, 0.4) is 0 Å². The molecule has 0 atom stereocenters. The van der Waals surface area contributed by atoms with E-state index in [-0.39, 0.29) is 30.5 Å². The molecule has 0 radical (unpaired) electrons. The smallest absolute Gasteiger partial charge is 0.269 e. The second-order valence-corrected chi connectivity index (χ2v) is 7.30. The fraction of sp³-hybridized carbons (Fsp3) is 0.391. The van der Waals surface area contributed by atoms with Gasteiger partial charge in [-0.05, 0) is 56.0 Å². The van der Waals surface area contributed by atoms with Crippen LogP contribution in [0.2, 0.25) is 0 Å². The van der Waals surface area contributed by atoms with Crippen molar-refractivity contribution in [3.05, 3.63) is 57.6 Å². The van der Waals surface area contributed by atoms with Gasteiger partial charge in [0.2, 0.25) is 11.8 Å². The first-order valence-corrected chi connectivity index (χ1v) is 10.7. The van der Waals surface area contributed by atoms with E-state index in [1.807, 2.05) is 32.0 Å². The number of nitrogens with zero attached hydrogens (tertiary/aromatic N) is 2. The summed E-state index contributed by atoms with van der Waals surface area (Å²) >= 11 is 0. The molecule has 170 valence electrons. The van der Waals surface area contributed by atoms with E-state index in [2.05, 4.69) is 5.32 Å². The highest BCUT2D eigenvalue weighted by molar-refractivity contribution is 6.01. The Morgan fingerprint density at radius 3 is 2.56 bits per heavy atom. The quantitative estimate of drug-likeness (QED) is 0.448. The first-order valence-electron chi connectivity index (χ1n) is 10.7. The molecule has 3 rings (SSSR count). The predicted molar refractivity (Wildman–Crippen MR) is 119 cm³/mol. The van der Waals surface area contributed by atoms with E-state index in [1.165, 1.54) is 23.1 Å². The monoisotopic (exact) mass is 441 g/mol. The highest BCUT2D eigenvalue weighted by Gasteiger charge is 2.27. The largest absolute Gasteiger partial charge is 0.490 e. The molecule has 1 heterocycles. The van der Waals surface area contributed by atoms with Crippen molar-refractivity contribution in [2.24, 2.45) is 0 Å². The van der Waals surface area contributed by atoms with Crippen LogP contribution in [0, 0.1) is 10.1 Å². The fourth-order valence-corrected chi connectivity index (χ4v) is 3.63. The van der Waals surface area contributed by atoms with Crippen molar-refractivity contribution in [2.75, 3.05) is 31.2 Å². The summed E-state index contributed by atoms with van der Waals surface area (Å²) in [4.78, 5) is 36.8. The van der Waals surface area contributed by atoms with Crippen molar-refractivity contribution in [1.29, 1.82) is 0 Å². The van der Waals surface area contributed by atoms with Gasteiger partial charge in [-0.2, -0.15) is 0 Å². The highest BCUT2D eigenvalue weighted by Crippen LogP contribution is 2.31. The molecule has 0 saturated heterocycles. The molecular weight excluding hydrogens is 414 g/mol. The summed E-state index contributed by atoms with van der Waals surface area (Å²) < 4.78 is 11.2. The minimum Gasteiger partial charge on any atom is -0.490 e. The third kappa shape index (κ3) is 5.54. The molecule has 0 bridgehead atoms. The zero-order valence-corrected chi connectivity index (χ0v) is 18.3. The van der Waals surface area contributed by atoms with Gasteiger partial charge in [-0.25, -0.2) is 0 Å². The van der Waals surface area contributed by atoms with Crippen LogP contribution in [-0.2, 0) is 22.4 Å². The Morgan fingerprint density at radius 2 is 1.84 bits per heavy atom. The van der Waals surface area contributed by atoms with E-state index >= 15 is 0 Å². The Balaban J connectivity index is 1.59. The lowest BCUT2D eigenvalue weighted by atomic mass is 10.0. The molecule has 9 heteroatoms. The number of amides is 2. The molecule has 0 saturated carbocycles. The lowest BCUT2D eigenvalue weighted by Crippen LogP contribution is -2.43. The van der Waals surface area contributed by atoms with Crippen LogP contribution < -0.4 is 19.7 Å². The maximum Gasteiger partial charge on any atom is 0.269 e. The van der Waals surface area contributed by atoms with Gasteiger partial charge < -0.3 is 19.7 Å². The van der Waals surface area contributed by atoms with Gasteiger partial charge in [0.1, 0.15) is 6.54 Å². The van der Waals surface area contributed by atoms with E-state index in [0.717, 1.165) is 5.56 Å². The number of nitro groups is 1. The maximum absolute atomic E-state index is 12.5. The van der Waals surface area contributed by atoms with Crippen molar-refractivity contribution in [3.8, 4) is 11.5 Å². The minimum absolute atomic E-state index is 0.0238. The van der Waals surface area contributed by atoms with E-state index < -0.39 is 4.92 Å². The zero-order valence-electron chi connectivity index (χ0n) is 18.3. The zero-order chi connectivity index (χ0) is 23.1. The fourth-order valence-electron chi connectivity index (χ4n) is 3.63. The third-order valence-corrected chi connectivity index (χ3v) is 5.12. The van der Waals surface area contributed by atoms with Crippen LogP contribution in [0.5, 0.6) is 11.5 Å². The lowest BCUT2D eigenvalue weighted by molar-refractivity contribution is -0.384. The van der Waals surface area contributed by atoms with Crippen LogP contribution in [0.25, 0.3) is 0 Å². The topological polar surface area (TPSA) is 111 Å². The Bertz CT molecular complexity index is 1010. The summed E-state index contributed by atoms with van der Waals surface area (Å²) in [6.07, 6.45) is 1.23. The number of carbonyl (C=O) groups is 2. The van der Waals surface area contributed by atoms with E-state index in [9.17, 15) is 19.7 Å². The van der Waals surface area contributed by atoms with Gasteiger partial charge in [0.15, 0.2) is 11.5 Å². The highest BCUT2D eigenvalue weighted by atomic mass is 16.6. The molecule has 2 amide bonds. The first-order chi connectivity index (χ1) is 15.4. The number of ether oxygens (including phenoxy) is 2. The van der Waals surface area contributed by atoms with Gasteiger partial charge >= 0.3 is 0 Å². The number of benzene rings is 2. The normalized spacial score (nSPS) is 12.8. The summed E-state index contributed by atoms with van der Waals surface area (Å²) in [7, 11) is 0. The van der Waals surface area contributed by atoms with Gasteiger partial charge in [0, 0.05) is 30.8 Å². The number of hydrogen-bond acceptors (Lipinski definition) is 6. The SMILES string of the molecule is CCOc1ccc(CCNC(=O)CN2C(=O)CCc3cc([N+](=O)[O-])ccc32)cc1OCC. The number of nitro benzene ring substituents is 1. The molecule has 0 aromatic heterocycles. The molecule has 1 aliphatic heterocycles. The number of nitrogens with one attached hydrogen (secondary N) is 1. The average molecular weight is 441 g/mol. The van der Waals surface area contributed by atoms with Crippen molar-refractivity contribution >= 4 is 23.2 Å². The summed E-state index contributed by atoms with van der Waals surface area (Å²) in [5.74, 6) is 0.891. The number of rotatable bonds is 10. The Kier molecular flexibility index (Phi) is 7.64. The summed E-state index contributed by atoms with van der Waals surface area (Å²) in [6, 6.07) is 10.0. The van der Waals surface area contributed by atoms with Gasteiger partial charge in [0.05, 0.1) is 18.1 Å². The van der Waals surface area contributed by atoms with E-state index in [0.29, 0.717) is 55.4 Å². The lowest BCUT2D eigenvalue weighted by Gasteiger charge is -2.28. The Labute approximate surface area is 186 Å². The van der Waals surface area contributed by atoms with Crippen molar-refractivity contribution in [2.45, 2.75) is 33.1 Å². The third-order valence-electron chi connectivity index (χ3n) is 5.12. The van der Waals surface area contributed by atoms with Gasteiger partial charge in [-0.15, -0.1) is 0 Å². The molecular formula is C23H27N3O6. The van der Waals surface area contributed by atoms with Crippen molar-refractivity contribution < 1.29 is 24.0 Å². The van der Waals surface area contributed by atoms with Crippen LogP contribution in [-0.4, -0.2) is 43.0 Å². The van der Waals surface area contributed by atoms with E-state index in [1.54, 1.807) is 0 Å². The van der Waals surface area contributed by atoms with E-state index in [4.69, 9.17) is 9.47 Å². The number of hydrogen-bond donors (Lipinski definition) is 1. The molecule has 32 heavy (non-hydrogen) atoms. The van der Waals surface area contributed by atoms with Crippen LogP contribution in [0.4, 0.5) is 11.4 Å². The number of aryl methyl sites for hydroxylation is 1. The minimum atomic E-state index is -0.467. The standard InChI is InChI=1S/C23H27N3O6/c1-3-31-20-9-5-16(13-21(20)32-4-2)11-12-24-22(27)15-25-19-8-7-18(26(29)30)14-17(19)6-10-23(25)28/h5,7-9,13-14H,3-4,6,10-12,15H2,1-2H3,(H,24,27). The Morgan fingerprint density at radius 1 is 1.09 bits per heavy atom. The van der Waals surface area contributed by atoms with Crippen LogP contribution in [0.1, 0.15) is 31.4 Å². The molecule has 0 aliphatic carbocycles. The number of fused-ring (bicyclic) bond motifs is 1. The Hall–Kier alpha value is -3.62. The summed E-state index contributed by atoms with van der Waals surface area (Å²) in [5.41, 5.74) is 2.22. The number of non-ortho nitro benzene ring substituents is 1. The summed E-state index contributed by atoms with van der Waals surface area (Å²) in [6.45, 7) is 5.15. The second-order valence-electron chi connectivity index (χ2n) is 7.30. The van der Waals surface area contributed by atoms with Gasteiger partial charge in [-0.1, -0.05) is 6.07 Å². The molecule has 0 fully saturated rings. The molecule has 1 aliphatic rings. The molecule has 2 aromatic rings. The summed E-state index contributed by atoms with van der Waals surface area (Å²) in [5, 5.41) is 13.8. The first kappa shape index (κ1) is 23.1. The second kappa shape index (κ2) is 10.6. The van der Waals surface area contributed by atoms with Crippen molar-refractivity contribution in [3.63, 3.8) is 0 Å². The number of anilines is 1. The molecule has 0 unspecified atom stereocenters. The maximum atomic E-state index is 12.5. The van der Waals surface area contributed by atoms with Crippen LogP contribution >= 0.6 is 0 Å². The predicted octanol–water partition coefficient (Wildman–Crippen LogP) is 3.03. The van der Waals surface area contributed by atoms with Gasteiger partial charge in [0.25, 0.3) is 5.69 Å². The van der Waals surface area contributed by atoms with Crippen LogP contribution in [0.15, 0.2) is 36.4 Å². The molecule has 2 aromatic carbocycles. The molecule has 1 N–H and O–H groups in total. The number of carbonyl (C=O) groups excluding carboxylic acids is 2.